The van der Waals surface area contributed by atoms with Crippen LogP contribution in [0.3, 0.4) is 0 Å². The summed E-state index contributed by atoms with van der Waals surface area (Å²) in [5, 5.41) is 3.44. The first kappa shape index (κ1) is 13.5. The first-order chi connectivity index (χ1) is 8.75. The van der Waals surface area contributed by atoms with Crippen LogP contribution in [0.4, 0.5) is 0 Å². The van der Waals surface area contributed by atoms with Gasteiger partial charge in [-0.2, -0.15) is 0 Å². The van der Waals surface area contributed by atoms with Crippen molar-refractivity contribution < 1.29 is 9.47 Å². The van der Waals surface area contributed by atoms with Gasteiger partial charge >= 0.3 is 0 Å². The predicted molar refractivity (Wildman–Crippen MR) is 72.5 cm³/mol. The van der Waals surface area contributed by atoms with Crippen LogP contribution in [0, 0.1) is 0 Å². The molecule has 1 fully saturated rings. The van der Waals surface area contributed by atoms with Crippen LogP contribution in [0.15, 0.2) is 24.3 Å². The first-order valence-electron chi connectivity index (χ1n) is 6.74. The zero-order valence-corrected chi connectivity index (χ0v) is 11.3. The van der Waals surface area contributed by atoms with Crippen LogP contribution in [0.25, 0.3) is 0 Å². The van der Waals surface area contributed by atoms with Gasteiger partial charge in [-0.3, -0.25) is 0 Å². The zero-order valence-electron chi connectivity index (χ0n) is 11.3. The van der Waals surface area contributed by atoms with E-state index in [9.17, 15) is 0 Å². The molecule has 0 radical (unpaired) electrons. The fourth-order valence-corrected chi connectivity index (χ4v) is 2.06. The normalized spacial score (nSPS) is 20.3. The summed E-state index contributed by atoms with van der Waals surface area (Å²) in [6.45, 7) is 7.49. The molecule has 1 unspecified atom stereocenters. The highest BCUT2D eigenvalue weighted by Crippen LogP contribution is 2.14. The van der Waals surface area contributed by atoms with Crippen LogP contribution < -0.4 is 5.32 Å². The molecule has 0 amide bonds. The molecule has 1 aromatic carbocycles. The fourth-order valence-electron chi connectivity index (χ4n) is 2.06. The van der Waals surface area contributed by atoms with Gasteiger partial charge in [0.2, 0.25) is 0 Å². The van der Waals surface area contributed by atoms with E-state index in [-0.39, 0.29) is 0 Å². The van der Waals surface area contributed by atoms with Crippen molar-refractivity contribution in [2.75, 3.05) is 19.9 Å². The lowest BCUT2D eigenvalue weighted by molar-refractivity contribution is -0.137. The van der Waals surface area contributed by atoms with Gasteiger partial charge in [0, 0.05) is 13.1 Å². The Balaban J connectivity index is 1.72. The number of nitrogens with one attached hydrogen (secondary N) is 1. The van der Waals surface area contributed by atoms with Crippen molar-refractivity contribution in [2.24, 2.45) is 0 Å². The largest absolute Gasteiger partial charge is 0.355 e. The van der Waals surface area contributed by atoms with Gasteiger partial charge in [0.15, 0.2) is 0 Å². The summed E-state index contributed by atoms with van der Waals surface area (Å²) in [5.74, 6) is 0.600. The Hall–Kier alpha value is -0.900. The van der Waals surface area contributed by atoms with Gasteiger partial charge < -0.3 is 14.8 Å². The molecule has 0 bridgehead atoms. The summed E-state index contributed by atoms with van der Waals surface area (Å²) in [7, 11) is 0. The molecular formula is C15H23NO2. The lowest BCUT2D eigenvalue weighted by Crippen LogP contribution is -2.33. The number of rotatable bonds is 5. The Bertz CT molecular complexity index is 342. The molecule has 0 aliphatic carbocycles. The van der Waals surface area contributed by atoms with E-state index in [1.54, 1.807) is 0 Å². The molecule has 1 N–H and O–H groups in total. The van der Waals surface area contributed by atoms with Gasteiger partial charge in [0.05, 0.1) is 12.7 Å². The van der Waals surface area contributed by atoms with Crippen LogP contribution in [0.2, 0.25) is 0 Å². The minimum absolute atomic E-state index is 0.300. The van der Waals surface area contributed by atoms with E-state index in [0.717, 1.165) is 26.1 Å². The van der Waals surface area contributed by atoms with Crippen molar-refractivity contribution in [3.8, 4) is 0 Å². The maximum absolute atomic E-state index is 5.48. The van der Waals surface area contributed by atoms with Crippen LogP contribution in [-0.4, -0.2) is 26.0 Å². The molecule has 0 aromatic heterocycles. The Morgan fingerprint density at radius 3 is 2.67 bits per heavy atom. The Morgan fingerprint density at radius 1 is 1.28 bits per heavy atom. The average molecular weight is 249 g/mol. The van der Waals surface area contributed by atoms with Gasteiger partial charge in [0.25, 0.3) is 0 Å². The highest BCUT2D eigenvalue weighted by Gasteiger charge is 2.13. The molecule has 0 saturated carbocycles. The van der Waals surface area contributed by atoms with E-state index in [2.05, 4.69) is 43.4 Å². The molecule has 2 rings (SSSR count). The summed E-state index contributed by atoms with van der Waals surface area (Å²) in [4.78, 5) is 0. The zero-order chi connectivity index (χ0) is 12.8. The lowest BCUT2D eigenvalue weighted by atomic mass is 10.0. The van der Waals surface area contributed by atoms with Crippen LogP contribution in [-0.2, 0) is 16.0 Å². The molecule has 100 valence electrons. The third kappa shape index (κ3) is 4.09. The van der Waals surface area contributed by atoms with Crippen molar-refractivity contribution in [1.29, 1.82) is 0 Å². The van der Waals surface area contributed by atoms with Gasteiger partial charge in [0.1, 0.15) is 6.79 Å². The van der Waals surface area contributed by atoms with Gasteiger partial charge in [-0.25, -0.2) is 0 Å². The molecule has 3 nitrogen and oxygen atoms in total. The second-order valence-electron chi connectivity index (χ2n) is 5.13. The topological polar surface area (TPSA) is 30.5 Å². The van der Waals surface area contributed by atoms with E-state index in [1.165, 1.54) is 11.1 Å². The highest BCUT2D eigenvalue weighted by molar-refractivity contribution is 5.24. The molecule has 3 heteroatoms. The van der Waals surface area contributed by atoms with Crippen molar-refractivity contribution in [1.82, 2.24) is 5.32 Å². The maximum Gasteiger partial charge on any atom is 0.147 e. The Labute approximate surface area is 109 Å². The van der Waals surface area contributed by atoms with E-state index in [4.69, 9.17) is 9.47 Å². The van der Waals surface area contributed by atoms with Crippen molar-refractivity contribution in [2.45, 2.75) is 38.8 Å². The highest BCUT2D eigenvalue weighted by atomic mass is 16.7. The molecular weight excluding hydrogens is 226 g/mol. The van der Waals surface area contributed by atoms with Crippen molar-refractivity contribution in [3.05, 3.63) is 35.4 Å². The maximum atomic E-state index is 5.48. The van der Waals surface area contributed by atoms with Gasteiger partial charge in [-0.05, 0) is 23.5 Å². The summed E-state index contributed by atoms with van der Waals surface area (Å²) in [5.41, 5.74) is 2.72. The summed E-state index contributed by atoms with van der Waals surface area (Å²) in [6, 6.07) is 8.83. The third-order valence-electron chi connectivity index (χ3n) is 3.32. The average Bonchev–Trinajstić information content (AvgIpc) is 2.40. The number of hydrogen-bond acceptors (Lipinski definition) is 3. The molecule has 1 heterocycles. The smallest absolute Gasteiger partial charge is 0.147 e. The standard InChI is InChI=1S/C15H23NO2/c1-12(2)14-5-3-13(4-6-14)9-16-10-15-7-8-17-11-18-15/h3-6,12,15-16H,7-11H2,1-2H3. The SMILES string of the molecule is CC(C)c1ccc(CNCC2CCOCO2)cc1. The van der Waals surface area contributed by atoms with E-state index >= 15 is 0 Å². The van der Waals surface area contributed by atoms with E-state index in [1.807, 2.05) is 0 Å². The van der Waals surface area contributed by atoms with Gasteiger partial charge in [-0.1, -0.05) is 38.1 Å². The van der Waals surface area contributed by atoms with E-state index < -0.39 is 0 Å². The minimum atomic E-state index is 0.300. The van der Waals surface area contributed by atoms with Crippen LogP contribution in [0.5, 0.6) is 0 Å². The molecule has 0 spiro atoms. The second kappa shape index (κ2) is 6.88. The minimum Gasteiger partial charge on any atom is -0.355 e. The van der Waals surface area contributed by atoms with Crippen LogP contribution >= 0.6 is 0 Å². The summed E-state index contributed by atoms with van der Waals surface area (Å²) in [6.07, 6.45) is 1.29. The van der Waals surface area contributed by atoms with Gasteiger partial charge in [-0.15, -0.1) is 0 Å². The monoisotopic (exact) mass is 249 g/mol. The predicted octanol–water partition coefficient (Wildman–Crippen LogP) is 2.66. The lowest BCUT2D eigenvalue weighted by Gasteiger charge is -2.23. The number of ether oxygens (including phenoxy) is 2. The molecule has 1 saturated heterocycles. The molecule has 1 aromatic rings. The fraction of sp³-hybridized carbons (Fsp3) is 0.600. The molecule has 18 heavy (non-hydrogen) atoms. The van der Waals surface area contributed by atoms with Crippen LogP contribution in [0.1, 0.15) is 37.3 Å². The third-order valence-corrected chi connectivity index (χ3v) is 3.32. The Morgan fingerprint density at radius 2 is 2.06 bits per heavy atom. The van der Waals surface area contributed by atoms with Crippen molar-refractivity contribution >= 4 is 0 Å². The first-order valence-corrected chi connectivity index (χ1v) is 6.74. The number of benzene rings is 1. The summed E-state index contributed by atoms with van der Waals surface area (Å²) >= 11 is 0. The quantitative estimate of drug-likeness (QED) is 0.870. The second-order valence-corrected chi connectivity index (χ2v) is 5.13. The number of hydrogen-bond donors (Lipinski definition) is 1. The Kier molecular flexibility index (Phi) is 5.17. The molecule has 1 atom stereocenters. The molecule has 1 aliphatic rings. The molecule has 1 aliphatic heterocycles. The van der Waals surface area contributed by atoms with E-state index in [0.29, 0.717) is 18.8 Å². The summed E-state index contributed by atoms with van der Waals surface area (Å²) < 4.78 is 10.6. The van der Waals surface area contributed by atoms with Crippen molar-refractivity contribution in [3.63, 3.8) is 0 Å².